The molecule has 188 valence electrons. The first-order valence-corrected chi connectivity index (χ1v) is 11.1. The van der Waals surface area contributed by atoms with Crippen LogP contribution in [-0.2, 0) is 15.7 Å². The van der Waals surface area contributed by atoms with Crippen LogP contribution in [0.2, 0.25) is 5.02 Å². The quantitative estimate of drug-likeness (QED) is 0.341. The van der Waals surface area contributed by atoms with E-state index < -0.39 is 64.2 Å². The first-order chi connectivity index (χ1) is 16.5. The summed E-state index contributed by atoms with van der Waals surface area (Å²) >= 11 is 5.63. The zero-order valence-corrected chi connectivity index (χ0v) is 18.7. The van der Waals surface area contributed by atoms with Crippen LogP contribution < -0.4 is 5.32 Å². The van der Waals surface area contributed by atoms with Gasteiger partial charge in [0.15, 0.2) is 5.78 Å². The first kappa shape index (κ1) is 25.5. The Morgan fingerprint density at radius 2 is 1.80 bits per heavy atom. The SMILES string of the molecule is O=C(c1ccnc(C(F)(F)F)c1)C1C[C@H](O)C[C@@H]1C(=O)NC(c1cc(F)c(Cl)cc1F)C1COC1. The highest BCUT2D eigenvalue weighted by Crippen LogP contribution is 2.38. The highest BCUT2D eigenvalue weighted by atomic mass is 35.5. The van der Waals surface area contributed by atoms with Gasteiger partial charge in [-0.3, -0.25) is 14.6 Å². The average molecular weight is 519 g/mol. The molecule has 2 fully saturated rings. The minimum atomic E-state index is -4.77. The molecule has 1 aromatic carbocycles. The van der Waals surface area contributed by atoms with Gasteiger partial charge in [-0.2, -0.15) is 13.2 Å². The summed E-state index contributed by atoms with van der Waals surface area (Å²) in [5.41, 5.74) is -1.70. The molecular weight excluding hydrogens is 499 g/mol. The summed E-state index contributed by atoms with van der Waals surface area (Å²) in [4.78, 5) is 29.5. The number of hydrogen-bond donors (Lipinski definition) is 2. The van der Waals surface area contributed by atoms with Crippen LogP contribution in [-0.4, -0.2) is 41.1 Å². The Morgan fingerprint density at radius 3 is 2.43 bits per heavy atom. The Hall–Kier alpha value is -2.63. The molecule has 35 heavy (non-hydrogen) atoms. The minimum Gasteiger partial charge on any atom is -0.393 e. The molecule has 2 aromatic rings. The molecular formula is C23H20ClF5N2O4. The van der Waals surface area contributed by atoms with Crippen molar-refractivity contribution in [3.63, 3.8) is 0 Å². The van der Waals surface area contributed by atoms with Crippen LogP contribution in [0.4, 0.5) is 22.0 Å². The van der Waals surface area contributed by atoms with Gasteiger partial charge in [0.1, 0.15) is 17.3 Å². The Morgan fingerprint density at radius 1 is 1.11 bits per heavy atom. The molecule has 1 aliphatic heterocycles. The van der Waals surface area contributed by atoms with Crippen molar-refractivity contribution in [2.45, 2.75) is 31.2 Å². The second-order valence-corrected chi connectivity index (χ2v) is 9.11. The number of rotatable bonds is 6. The molecule has 6 nitrogen and oxygen atoms in total. The van der Waals surface area contributed by atoms with E-state index in [-0.39, 0.29) is 43.1 Å². The summed E-state index contributed by atoms with van der Waals surface area (Å²) in [5, 5.41) is 12.4. The van der Waals surface area contributed by atoms with Crippen molar-refractivity contribution < 1.29 is 41.4 Å². The molecule has 1 saturated carbocycles. The van der Waals surface area contributed by atoms with Crippen LogP contribution in [0.15, 0.2) is 30.5 Å². The van der Waals surface area contributed by atoms with E-state index in [1.165, 1.54) is 0 Å². The van der Waals surface area contributed by atoms with E-state index >= 15 is 0 Å². The number of benzene rings is 1. The molecule has 1 aliphatic carbocycles. The number of ether oxygens (including phenoxy) is 1. The van der Waals surface area contributed by atoms with Crippen molar-refractivity contribution in [1.29, 1.82) is 0 Å². The summed E-state index contributed by atoms with van der Waals surface area (Å²) < 4.78 is 72.9. The fraction of sp³-hybridized carbons (Fsp3) is 0.435. The third-order valence-electron chi connectivity index (χ3n) is 6.35. The lowest BCUT2D eigenvalue weighted by atomic mass is 9.86. The van der Waals surface area contributed by atoms with Gasteiger partial charge in [0.25, 0.3) is 0 Å². The van der Waals surface area contributed by atoms with Gasteiger partial charge in [0.05, 0.1) is 36.3 Å². The third-order valence-corrected chi connectivity index (χ3v) is 6.64. The molecule has 1 aromatic heterocycles. The van der Waals surface area contributed by atoms with Gasteiger partial charge >= 0.3 is 6.18 Å². The summed E-state index contributed by atoms with van der Waals surface area (Å²) in [7, 11) is 0. The van der Waals surface area contributed by atoms with Crippen molar-refractivity contribution in [3.8, 4) is 0 Å². The zero-order valence-electron chi connectivity index (χ0n) is 18.0. The van der Waals surface area contributed by atoms with E-state index in [1.54, 1.807) is 0 Å². The molecule has 0 spiro atoms. The minimum absolute atomic E-state index is 0.120. The van der Waals surface area contributed by atoms with E-state index in [0.717, 1.165) is 24.4 Å². The number of pyridine rings is 1. The highest BCUT2D eigenvalue weighted by molar-refractivity contribution is 6.30. The normalized spacial score (nSPS) is 23.6. The second-order valence-electron chi connectivity index (χ2n) is 8.70. The van der Waals surface area contributed by atoms with E-state index in [1.807, 2.05) is 0 Å². The number of amides is 1. The predicted molar refractivity (Wildman–Crippen MR) is 112 cm³/mol. The molecule has 2 aliphatic rings. The van der Waals surface area contributed by atoms with Crippen molar-refractivity contribution in [2.75, 3.05) is 13.2 Å². The molecule has 1 saturated heterocycles. The summed E-state index contributed by atoms with van der Waals surface area (Å²) in [5.74, 6) is -5.78. The second kappa shape index (κ2) is 9.79. The van der Waals surface area contributed by atoms with Gasteiger partial charge in [0.2, 0.25) is 5.91 Å². The number of nitrogens with zero attached hydrogens (tertiary/aromatic N) is 1. The standard InChI is InChI=1S/C23H20ClF5N2O4/c24-16-7-17(25)15(6-18(16)26)20(11-8-35-9-11)31-22(34)14-5-12(32)4-13(14)21(33)10-1-2-30-19(3-10)23(27,28)29/h1-3,6-7,11-14,20,32H,4-5,8-9H2,(H,31,34)/t12-,13?,14-,20?/m0/s1. The highest BCUT2D eigenvalue weighted by Gasteiger charge is 2.44. The van der Waals surface area contributed by atoms with Gasteiger partial charge < -0.3 is 15.2 Å². The number of carbonyl (C=O) groups is 2. The number of Topliss-reactive ketones (excluding diaryl/α,β-unsaturated/α-hetero) is 1. The monoisotopic (exact) mass is 518 g/mol. The van der Waals surface area contributed by atoms with Gasteiger partial charge in [-0.25, -0.2) is 8.78 Å². The summed E-state index contributed by atoms with van der Waals surface area (Å²) in [6.07, 6.45) is -5.22. The molecule has 2 N–H and O–H groups in total. The predicted octanol–water partition coefficient (Wildman–Crippen LogP) is 4.11. The summed E-state index contributed by atoms with van der Waals surface area (Å²) in [6, 6.07) is 2.37. The van der Waals surface area contributed by atoms with E-state index in [0.29, 0.717) is 6.07 Å². The van der Waals surface area contributed by atoms with Crippen LogP contribution in [0, 0.1) is 29.4 Å². The number of carbonyl (C=O) groups excluding carboxylic acids is 2. The topological polar surface area (TPSA) is 88.5 Å². The largest absolute Gasteiger partial charge is 0.433 e. The fourth-order valence-electron chi connectivity index (χ4n) is 4.48. The zero-order chi connectivity index (χ0) is 25.5. The number of hydrogen-bond acceptors (Lipinski definition) is 5. The molecule has 0 radical (unpaired) electrons. The number of aliphatic hydroxyl groups is 1. The lowest BCUT2D eigenvalue weighted by Crippen LogP contribution is -2.45. The average Bonchev–Trinajstić information content (AvgIpc) is 3.15. The maximum absolute atomic E-state index is 14.6. The van der Waals surface area contributed by atoms with Crippen LogP contribution in [0.5, 0.6) is 0 Å². The Labute approximate surface area is 201 Å². The Balaban J connectivity index is 1.59. The van der Waals surface area contributed by atoms with Crippen LogP contribution in [0.25, 0.3) is 0 Å². The van der Waals surface area contributed by atoms with E-state index in [9.17, 15) is 36.6 Å². The number of nitrogens with one attached hydrogen (secondary N) is 1. The molecule has 2 unspecified atom stereocenters. The number of ketones is 1. The number of halogens is 6. The molecule has 4 rings (SSSR count). The first-order valence-electron chi connectivity index (χ1n) is 10.7. The molecule has 2 heterocycles. The third kappa shape index (κ3) is 5.31. The van der Waals surface area contributed by atoms with Crippen molar-refractivity contribution in [3.05, 3.63) is 63.9 Å². The summed E-state index contributed by atoms with van der Waals surface area (Å²) in [6.45, 7) is 0.336. The fourth-order valence-corrected chi connectivity index (χ4v) is 4.63. The number of alkyl halides is 3. The van der Waals surface area contributed by atoms with Gasteiger partial charge in [-0.05, 0) is 37.1 Å². The lowest BCUT2D eigenvalue weighted by molar-refractivity contribution is -0.141. The smallest absolute Gasteiger partial charge is 0.393 e. The Bertz CT molecular complexity index is 1140. The Kier molecular flexibility index (Phi) is 7.12. The van der Waals surface area contributed by atoms with E-state index in [4.69, 9.17) is 16.3 Å². The van der Waals surface area contributed by atoms with Crippen molar-refractivity contribution >= 4 is 23.3 Å². The van der Waals surface area contributed by atoms with Crippen LogP contribution in [0.3, 0.4) is 0 Å². The molecule has 12 heteroatoms. The van der Waals surface area contributed by atoms with Crippen molar-refractivity contribution in [2.24, 2.45) is 17.8 Å². The maximum atomic E-state index is 14.6. The van der Waals surface area contributed by atoms with Crippen molar-refractivity contribution in [1.82, 2.24) is 10.3 Å². The molecule has 0 bridgehead atoms. The van der Waals surface area contributed by atoms with Gasteiger partial charge in [-0.1, -0.05) is 11.6 Å². The number of aliphatic hydroxyl groups excluding tert-OH is 1. The van der Waals surface area contributed by atoms with Crippen LogP contribution in [0.1, 0.15) is 40.5 Å². The molecule has 1 amide bonds. The van der Waals surface area contributed by atoms with Gasteiger partial charge in [-0.15, -0.1) is 0 Å². The number of aromatic nitrogens is 1. The van der Waals surface area contributed by atoms with E-state index in [2.05, 4.69) is 10.3 Å². The van der Waals surface area contributed by atoms with Crippen LogP contribution >= 0.6 is 11.6 Å². The molecule has 4 atom stereocenters. The maximum Gasteiger partial charge on any atom is 0.433 e. The lowest BCUT2D eigenvalue weighted by Gasteiger charge is -2.35. The van der Waals surface area contributed by atoms with Gasteiger partial charge in [0, 0.05) is 29.2 Å².